The number of nitrogens with zero attached hydrogens (tertiary/aromatic N) is 4. The van der Waals surface area contributed by atoms with Crippen molar-refractivity contribution in [2.75, 3.05) is 6.54 Å². The molecular weight excluding hydrogens is 234 g/mol. The zero-order valence-electron chi connectivity index (χ0n) is 9.54. The molecule has 0 saturated heterocycles. The fourth-order valence-corrected chi connectivity index (χ4v) is 1.49. The number of nitriles is 1. The normalized spacial score (nSPS) is 9.94. The molecule has 2 rings (SSSR count). The average Bonchev–Trinajstić information content (AvgIpc) is 3.06. The van der Waals surface area contributed by atoms with Crippen molar-refractivity contribution in [3.8, 4) is 6.07 Å². The Morgan fingerprint density at radius 2 is 2.50 bits per heavy atom. The zero-order valence-corrected chi connectivity index (χ0v) is 9.54. The van der Waals surface area contributed by atoms with E-state index in [1.165, 1.54) is 11.1 Å². The second-order valence-electron chi connectivity index (χ2n) is 3.57. The van der Waals surface area contributed by atoms with Crippen LogP contribution in [0.2, 0.25) is 0 Å². The second kappa shape index (κ2) is 5.63. The van der Waals surface area contributed by atoms with Crippen molar-refractivity contribution >= 4 is 5.91 Å². The molecule has 7 nitrogen and oxygen atoms in total. The van der Waals surface area contributed by atoms with E-state index in [4.69, 9.17) is 9.68 Å². The third-order valence-corrected chi connectivity index (χ3v) is 2.34. The van der Waals surface area contributed by atoms with Crippen molar-refractivity contribution in [1.82, 2.24) is 20.3 Å². The number of furan rings is 1. The highest BCUT2D eigenvalue weighted by atomic mass is 16.3. The number of hydrogen-bond acceptors (Lipinski definition) is 5. The molecule has 0 fully saturated rings. The van der Waals surface area contributed by atoms with E-state index in [2.05, 4.69) is 15.4 Å². The Bertz CT molecular complexity index is 526. The summed E-state index contributed by atoms with van der Waals surface area (Å²) in [6.07, 6.45) is 3.15. The van der Waals surface area contributed by atoms with Crippen LogP contribution in [0.25, 0.3) is 0 Å². The van der Waals surface area contributed by atoms with E-state index in [0.29, 0.717) is 18.8 Å². The van der Waals surface area contributed by atoms with Crippen LogP contribution in [0.1, 0.15) is 22.7 Å². The minimum absolute atomic E-state index is 0.222. The summed E-state index contributed by atoms with van der Waals surface area (Å²) in [5, 5.41) is 18.3. The molecular formula is C11H11N5O2. The Kier molecular flexibility index (Phi) is 3.71. The molecule has 0 aliphatic rings. The summed E-state index contributed by atoms with van der Waals surface area (Å²) < 4.78 is 5.19. The average molecular weight is 245 g/mol. The predicted molar refractivity (Wildman–Crippen MR) is 60.1 cm³/mol. The number of carbonyl (C=O) groups is 1. The first kappa shape index (κ1) is 11.9. The summed E-state index contributed by atoms with van der Waals surface area (Å²) in [5.41, 5.74) is 0.222. The molecule has 2 aromatic heterocycles. The molecule has 0 aliphatic carbocycles. The van der Waals surface area contributed by atoms with Crippen LogP contribution in [0.4, 0.5) is 0 Å². The van der Waals surface area contributed by atoms with E-state index in [9.17, 15) is 4.79 Å². The predicted octanol–water partition coefficient (Wildman–Crippen LogP) is 0.954. The van der Waals surface area contributed by atoms with Crippen LogP contribution < -0.4 is 0 Å². The van der Waals surface area contributed by atoms with Crippen molar-refractivity contribution in [2.24, 2.45) is 0 Å². The zero-order chi connectivity index (χ0) is 12.8. The van der Waals surface area contributed by atoms with Crippen LogP contribution in [0.5, 0.6) is 0 Å². The van der Waals surface area contributed by atoms with Gasteiger partial charge in [-0.25, -0.2) is 0 Å². The van der Waals surface area contributed by atoms with E-state index in [1.807, 2.05) is 6.07 Å². The van der Waals surface area contributed by atoms with Crippen molar-refractivity contribution in [1.29, 1.82) is 5.26 Å². The lowest BCUT2D eigenvalue weighted by molar-refractivity contribution is 0.0729. The molecule has 2 heterocycles. The summed E-state index contributed by atoms with van der Waals surface area (Å²) in [7, 11) is 0. The van der Waals surface area contributed by atoms with Crippen molar-refractivity contribution in [2.45, 2.75) is 13.0 Å². The lowest BCUT2D eigenvalue weighted by Gasteiger charge is -2.18. The Labute approximate surface area is 103 Å². The number of amides is 1. The molecule has 0 unspecified atom stereocenters. The second-order valence-corrected chi connectivity index (χ2v) is 3.57. The van der Waals surface area contributed by atoms with Gasteiger partial charge in [0, 0.05) is 6.54 Å². The third-order valence-electron chi connectivity index (χ3n) is 2.34. The van der Waals surface area contributed by atoms with Crippen LogP contribution in [0.3, 0.4) is 0 Å². The van der Waals surface area contributed by atoms with Crippen molar-refractivity contribution in [3.05, 3.63) is 36.0 Å². The Hall–Kier alpha value is -2.62. The van der Waals surface area contributed by atoms with Gasteiger partial charge in [0.05, 0.1) is 31.5 Å². The quantitative estimate of drug-likeness (QED) is 0.845. The summed E-state index contributed by atoms with van der Waals surface area (Å²) >= 11 is 0. The summed E-state index contributed by atoms with van der Waals surface area (Å²) in [5.74, 6) is 0.375. The Morgan fingerprint density at radius 1 is 1.61 bits per heavy atom. The number of H-pyrrole nitrogens is 1. The van der Waals surface area contributed by atoms with Gasteiger partial charge < -0.3 is 9.32 Å². The Balaban J connectivity index is 2.09. The first-order valence-electron chi connectivity index (χ1n) is 5.35. The molecule has 0 aliphatic heterocycles. The summed E-state index contributed by atoms with van der Waals surface area (Å²) in [6, 6.07) is 5.53. The van der Waals surface area contributed by atoms with E-state index < -0.39 is 0 Å². The maximum absolute atomic E-state index is 12.1. The largest absolute Gasteiger partial charge is 0.467 e. The van der Waals surface area contributed by atoms with Gasteiger partial charge in [-0.3, -0.25) is 4.79 Å². The standard InChI is InChI=1S/C11H11N5O2/c12-4-2-5-16(8-9-3-1-6-18-9)11(17)10-7-13-15-14-10/h1,3,6-7H,2,5,8H2,(H,13,14,15). The highest BCUT2D eigenvalue weighted by molar-refractivity contribution is 5.91. The molecule has 2 aromatic rings. The summed E-state index contributed by atoms with van der Waals surface area (Å²) in [4.78, 5) is 13.6. The monoisotopic (exact) mass is 245 g/mol. The molecule has 0 bridgehead atoms. The number of rotatable bonds is 5. The molecule has 0 atom stereocenters. The first-order valence-corrected chi connectivity index (χ1v) is 5.35. The van der Waals surface area contributed by atoms with E-state index in [-0.39, 0.29) is 18.0 Å². The fraction of sp³-hybridized carbons (Fsp3) is 0.273. The smallest absolute Gasteiger partial charge is 0.276 e. The molecule has 1 N–H and O–H groups in total. The van der Waals surface area contributed by atoms with Gasteiger partial charge in [-0.1, -0.05) is 0 Å². The highest BCUT2D eigenvalue weighted by Crippen LogP contribution is 2.09. The van der Waals surface area contributed by atoms with Crippen LogP contribution in [-0.2, 0) is 6.54 Å². The lowest BCUT2D eigenvalue weighted by Crippen LogP contribution is -2.31. The molecule has 0 saturated carbocycles. The van der Waals surface area contributed by atoms with Gasteiger partial charge >= 0.3 is 0 Å². The van der Waals surface area contributed by atoms with Crippen LogP contribution in [0.15, 0.2) is 29.0 Å². The molecule has 18 heavy (non-hydrogen) atoms. The van der Waals surface area contributed by atoms with Crippen molar-refractivity contribution in [3.63, 3.8) is 0 Å². The summed E-state index contributed by atoms with van der Waals surface area (Å²) in [6.45, 7) is 0.628. The third kappa shape index (κ3) is 2.74. The maximum atomic E-state index is 12.1. The first-order chi connectivity index (χ1) is 8.81. The van der Waals surface area contributed by atoms with E-state index >= 15 is 0 Å². The molecule has 0 radical (unpaired) electrons. The van der Waals surface area contributed by atoms with Gasteiger partial charge in [-0.2, -0.15) is 20.7 Å². The van der Waals surface area contributed by atoms with Crippen LogP contribution in [0, 0.1) is 11.3 Å². The van der Waals surface area contributed by atoms with Crippen LogP contribution in [-0.4, -0.2) is 32.8 Å². The van der Waals surface area contributed by atoms with Gasteiger partial charge in [0.15, 0.2) is 5.69 Å². The van der Waals surface area contributed by atoms with Gasteiger partial charge in [-0.15, -0.1) is 0 Å². The number of hydrogen-bond donors (Lipinski definition) is 1. The number of aromatic amines is 1. The number of nitrogens with one attached hydrogen (secondary N) is 1. The molecule has 7 heteroatoms. The lowest BCUT2D eigenvalue weighted by atomic mass is 10.3. The minimum Gasteiger partial charge on any atom is -0.467 e. The van der Waals surface area contributed by atoms with Crippen LogP contribution >= 0.6 is 0 Å². The minimum atomic E-state index is -0.282. The molecule has 0 aromatic carbocycles. The van der Waals surface area contributed by atoms with Gasteiger partial charge in [-0.05, 0) is 12.1 Å². The highest BCUT2D eigenvalue weighted by Gasteiger charge is 2.19. The maximum Gasteiger partial charge on any atom is 0.276 e. The SMILES string of the molecule is N#CCCN(Cc1ccco1)C(=O)c1cn[nH]n1. The Morgan fingerprint density at radius 3 is 3.11 bits per heavy atom. The van der Waals surface area contributed by atoms with E-state index in [0.717, 1.165) is 0 Å². The van der Waals surface area contributed by atoms with Gasteiger partial charge in [0.2, 0.25) is 0 Å². The number of carbonyl (C=O) groups excluding carboxylic acids is 1. The molecule has 1 amide bonds. The van der Waals surface area contributed by atoms with Gasteiger partial charge in [0.1, 0.15) is 5.76 Å². The molecule has 92 valence electrons. The molecule has 0 spiro atoms. The van der Waals surface area contributed by atoms with Crippen molar-refractivity contribution < 1.29 is 9.21 Å². The van der Waals surface area contributed by atoms with E-state index in [1.54, 1.807) is 18.4 Å². The fourth-order valence-electron chi connectivity index (χ4n) is 1.49. The topological polar surface area (TPSA) is 98.8 Å². The van der Waals surface area contributed by atoms with Gasteiger partial charge in [0.25, 0.3) is 5.91 Å². The number of aromatic nitrogens is 3.